The number of hydrogen-bond donors (Lipinski definition) is 2. The van der Waals surface area contributed by atoms with Crippen molar-refractivity contribution in [1.29, 1.82) is 0 Å². The van der Waals surface area contributed by atoms with Gasteiger partial charge in [0.1, 0.15) is 5.82 Å². The van der Waals surface area contributed by atoms with Crippen LogP contribution in [0.1, 0.15) is 23.7 Å². The molecule has 3 nitrogen and oxygen atoms in total. The van der Waals surface area contributed by atoms with Gasteiger partial charge in [0.05, 0.1) is 5.56 Å². The zero-order valence-corrected chi connectivity index (χ0v) is 13.0. The van der Waals surface area contributed by atoms with Gasteiger partial charge in [0.25, 0.3) is 5.91 Å². The Hall–Kier alpha value is -0.650. The monoisotopic (exact) mass is 350 g/mol. The van der Waals surface area contributed by atoms with E-state index in [1.807, 2.05) is 0 Å². The molecule has 1 saturated heterocycles. The summed E-state index contributed by atoms with van der Waals surface area (Å²) in [6.07, 6.45) is 1.02. The van der Waals surface area contributed by atoms with E-state index in [9.17, 15) is 9.18 Å². The second kappa shape index (κ2) is 7.22. The van der Waals surface area contributed by atoms with Crippen LogP contribution in [0.15, 0.2) is 22.7 Å². The number of amides is 1. The highest BCUT2D eigenvalue weighted by molar-refractivity contribution is 9.10. The molecule has 0 radical (unpaired) electrons. The summed E-state index contributed by atoms with van der Waals surface area (Å²) in [5.41, 5.74) is 0.0790. The Morgan fingerprint density at radius 2 is 2.26 bits per heavy atom. The molecule has 1 aliphatic heterocycles. The fourth-order valence-electron chi connectivity index (χ4n) is 2.14. The van der Waals surface area contributed by atoms with Crippen LogP contribution in [0, 0.1) is 11.7 Å². The standard InChI is InChI=1S/C13H16BrFN2O.ClH/c1-8-5-6-16-7-11(8)17-13(18)12-9(14)3-2-4-10(12)15;/h2-4,8,11,16H,5-7H2,1H3,(H,17,18);1H. The second-order valence-electron chi connectivity index (χ2n) is 4.65. The number of piperidine rings is 1. The van der Waals surface area contributed by atoms with Crippen molar-refractivity contribution in [1.82, 2.24) is 10.6 Å². The van der Waals surface area contributed by atoms with Gasteiger partial charge in [0.2, 0.25) is 0 Å². The summed E-state index contributed by atoms with van der Waals surface area (Å²) in [5, 5.41) is 6.13. The SMILES string of the molecule is CC1CCNCC1NC(=O)c1c(F)cccc1Br.Cl. The Morgan fingerprint density at radius 3 is 2.89 bits per heavy atom. The molecule has 0 aromatic heterocycles. The number of halogens is 3. The van der Waals surface area contributed by atoms with Gasteiger partial charge in [0, 0.05) is 17.1 Å². The van der Waals surface area contributed by atoms with Crippen LogP contribution >= 0.6 is 28.3 Å². The molecule has 106 valence electrons. The molecule has 0 saturated carbocycles. The van der Waals surface area contributed by atoms with Crippen molar-refractivity contribution in [3.8, 4) is 0 Å². The van der Waals surface area contributed by atoms with Gasteiger partial charge in [0.15, 0.2) is 0 Å². The molecule has 0 bridgehead atoms. The molecule has 19 heavy (non-hydrogen) atoms. The Bertz CT molecular complexity index is 438. The van der Waals surface area contributed by atoms with Crippen molar-refractivity contribution in [2.45, 2.75) is 19.4 Å². The summed E-state index contributed by atoms with van der Waals surface area (Å²) >= 11 is 3.21. The van der Waals surface area contributed by atoms with Gasteiger partial charge in [-0.05, 0) is 46.9 Å². The van der Waals surface area contributed by atoms with Crippen molar-refractivity contribution in [3.05, 3.63) is 34.1 Å². The van der Waals surface area contributed by atoms with Crippen LogP contribution in [-0.4, -0.2) is 25.0 Å². The van der Waals surface area contributed by atoms with Gasteiger partial charge in [-0.15, -0.1) is 12.4 Å². The van der Waals surface area contributed by atoms with E-state index < -0.39 is 5.82 Å². The second-order valence-corrected chi connectivity index (χ2v) is 5.50. The molecule has 1 amide bonds. The smallest absolute Gasteiger partial charge is 0.255 e. The Morgan fingerprint density at radius 1 is 1.53 bits per heavy atom. The van der Waals surface area contributed by atoms with Crippen LogP contribution in [-0.2, 0) is 0 Å². The minimum absolute atomic E-state index is 0. The Kier molecular flexibility index (Phi) is 6.23. The lowest BCUT2D eigenvalue weighted by molar-refractivity contribution is 0.0910. The van der Waals surface area contributed by atoms with Crippen molar-refractivity contribution >= 4 is 34.2 Å². The number of hydrogen-bond acceptors (Lipinski definition) is 2. The predicted molar refractivity (Wildman–Crippen MR) is 79.3 cm³/mol. The predicted octanol–water partition coefficient (Wildman–Crippen LogP) is 2.74. The minimum atomic E-state index is -0.502. The highest BCUT2D eigenvalue weighted by atomic mass is 79.9. The van der Waals surface area contributed by atoms with Crippen LogP contribution in [0.4, 0.5) is 4.39 Å². The Balaban J connectivity index is 0.00000180. The molecule has 1 aromatic carbocycles. The average molecular weight is 352 g/mol. The third-order valence-corrected chi connectivity index (χ3v) is 3.99. The van der Waals surface area contributed by atoms with Gasteiger partial charge in [-0.3, -0.25) is 4.79 Å². The number of rotatable bonds is 2. The van der Waals surface area contributed by atoms with E-state index in [0.717, 1.165) is 19.5 Å². The fraction of sp³-hybridized carbons (Fsp3) is 0.462. The van der Waals surface area contributed by atoms with Crippen molar-refractivity contribution in [2.75, 3.05) is 13.1 Å². The highest BCUT2D eigenvalue weighted by Crippen LogP contribution is 2.20. The first-order chi connectivity index (χ1) is 8.59. The van der Waals surface area contributed by atoms with Crippen LogP contribution in [0.3, 0.4) is 0 Å². The summed E-state index contributed by atoms with van der Waals surface area (Å²) in [7, 11) is 0. The van der Waals surface area contributed by atoms with Crippen LogP contribution < -0.4 is 10.6 Å². The molecule has 2 atom stereocenters. The lowest BCUT2D eigenvalue weighted by Gasteiger charge is -2.30. The maximum atomic E-state index is 13.6. The number of carbonyl (C=O) groups excluding carboxylic acids is 1. The lowest BCUT2D eigenvalue weighted by Crippen LogP contribution is -2.50. The van der Waals surface area contributed by atoms with E-state index >= 15 is 0 Å². The summed E-state index contributed by atoms with van der Waals surface area (Å²) in [6, 6.07) is 4.58. The largest absolute Gasteiger partial charge is 0.348 e. The van der Waals surface area contributed by atoms with Gasteiger partial charge >= 0.3 is 0 Å². The van der Waals surface area contributed by atoms with Gasteiger partial charge < -0.3 is 10.6 Å². The summed E-state index contributed by atoms with van der Waals surface area (Å²) in [5.74, 6) is -0.459. The molecule has 1 heterocycles. The first-order valence-electron chi connectivity index (χ1n) is 6.05. The third kappa shape index (κ3) is 3.91. The molecule has 6 heteroatoms. The van der Waals surface area contributed by atoms with E-state index in [2.05, 4.69) is 33.5 Å². The van der Waals surface area contributed by atoms with Crippen molar-refractivity contribution in [3.63, 3.8) is 0 Å². The zero-order chi connectivity index (χ0) is 13.1. The average Bonchev–Trinajstić information content (AvgIpc) is 2.32. The molecule has 1 fully saturated rings. The molecule has 2 unspecified atom stereocenters. The maximum Gasteiger partial charge on any atom is 0.255 e. The third-order valence-electron chi connectivity index (χ3n) is 3.33. The molecule has 1 aromatic rings. The molecule has 1 aliphatic rings. The van der Waals surface area contributed by atoms with Gasteiger partial charge in [-0.2, -0.15) is 0 Å². The van der Waals surface area contributed by atoms with E-state index in [1.165, 1.54) is 6.07 Å². The summed E-state index contributed by atoms with van der Waals surface area (Å²) in [4.78, 5) is 12.1. The minimum Gasteiger partial charge on any atom is -0.348 e. The number of nitrogens with one attached hydrogen (secondary N) is 2. The molecule has 2 rings (SSSR count). The summed E-state index contributed by atoms with van der Waals surface area (Å²) < 4.78 is 14.1. The molecular formula is C13H17BrClFN2O. The van der Waals surface area contributed by atoms with Crippen LogP contribution in [0.25, 0.3) is 0 Å². The zero-order valence-electron chi connectivity index (χ0n) is 10.6. The highest BCUT2D eigenvalue weighted by Gasteiger charge is 2.25. The first kappa shape index (κ1) is 16.4. The van der Waals surface area contributed by atoms with Gasteiger partial charge in [-0.1, -0.05) is 13.0 Å². The summed E-state index contributed by atoms with van der Waals surface area (Å²) in [6.45, 7) is 3.80. The van der Waals surface area contributed by atoms with E-state index in [0.29, 0.717) is 10.4 Å². The van der Waals surface area contributed by atoms with Crippen molar-refractivity contribution < 1.29 is 9.18 Å². The van der Waals surface area contributed by atoms with E-state index in [-0.39, 0.29) is 29.9 Å². The van der Waals surface area contributed by atoms with E-state index in [1.54, 1.807) is 12.1 Å². The molecule has 0 spiro atoms. The normalized spacial score (nSPS) is 22.5. The molecular weight excluding hydrogens is 335 g/mol. The quantitative estimate of drug-likeness (QED) is 0.860. The van der Waals surface area contributed by atoms with Crippen molar-refractivity contribution in [2.24, 2.45) is 5.92 Å². The van der Waals surface area contributed by atoms with E-state index in [4.69, 9.17) is 0 Å². The maximum absolute atomic E-state index is 13.6. The fourth-order valence-corrected chi connectivity index (χ4v) is 2.66. The van der Waals surface area contributed by atoms with Crippen LogP contribution in [0.2, 0.25) is 0 Å². The molecule has 0 aliphatic carbocycles. The number of benzene rings is 1. The van der Waals surface area contributed by atoms with Crippen LogP contribution in [0.5, 0.6) is 0 Å². The molecule has 2 N–H and O–H groups in total. The topological polar surface area (TPSA) is 41.1 Å². The van der Waals surface area contributed by atoms with Gasteiger partial charge in [-0.25, -0.2) is 4.39 Å². The Labute approximate surface area is 126 Å². The first-order valence-corrected chi connectivity index (χ1v) is 6.84. The number of carbonyl (C=O) groups is 1. The lowest BCUT2D eigenvalue weighted by atomic mass is 9.94.